The van der Waals surface area contributed by atoms with Gasteiger partial charge in [0.2, 0.25) is 0 Å². The van der Waals surface area contributed by atoms with E-state index in [0.29, 0.717) is 13.1 Å². The predicted molar refractivity (Wildman–Crippen MR) is 79.1 cm³/mol. The van der Waals surface area contributed by atoms with Gasteiger partial charge in [0.15, 0.2) is 0 Å². The first-order valence-electron chi connectivity index (χ1n) is 5.91. The molecule has 0 fully saturated rings. The lowest BCUT2D eigenvalue weighted by Crippen LogP contribution is -2.25. The SMILES string of the molecule is O=C(O)CCN(Cc1ccc(Cl)s1)c1ccccc1. The highest BCUT2D eigenvalue weighted by Crippen LogP contribution is 2.25. The van der Waals surface area contributed by atoms with Gasteiger partial charge in [-0.1, -0.05) is 29.8 Å². The Kier molecular flexibility index (Phi) is 4.82. The van der Waals surface area contributed by atoms with Crippen LogP contribution in [0, 0.1) is 0 Å². The summed E-state index contributed by atoms with van der Waals surface area (Å²) in [7, 11) is 0. The lowest BCUT2D eigenvalue weighted by atomic mass is 10.2. The van der Waals surface area contributed by atoms with Crippen LogP contribution in [-0.2, 0) is 11.3 Å². The number of nitrogens with zero attached hydrogens (tertiary/aromatic N) is 1. The standard InChI is InChI=1S/C14H14ClNO2S/c15-13-7-6-12(19-13)10-16(9-8-14(17)18)11-4-2-1-3-5-11/h1-7H,8-10H2,(H,17,18). The summed E-state index contributed by atoms with van der Waals surface area (Å²) in [5.74, 6) is -0.787. The molecular weight excluding hydrogens is 282 g/mol. The highest BCUT2D eigenvalue weighted by atomic mass is 35.5. The molecule has 0 atom stereocenters. The van der Waals surface area contributed by atoms with Crippen molar-refractivity contribution in [3.63, 3.8) is 0 Å². The molecule has 0 aliphatic carbocycles. The Morgan fingerprint density at radius 2 is 1.95 bits per heavy atom. The lowest BCUT2D eigenvalue weighted by molar-refractivity contribution is -0.136. The van der Waals surface area contributed by atoms with Gasteiger partial charge in [0.05, 0.1) is 17.3 Å². The van der Waals surface area contributed by atoms with Crippen LogP contribution in [0.1, 0.15) is 11.3 Å². The minimum absolute atomic E-state index is 0.119. The number of carboxylic acid groups (broad SMARTS) is 1. The molecule has 0 saturated carbocycles. The topological polar surface area (TPSA) is 40.5 Å². The zero-order valence-electron chi connectivity index (χ0n) is 10.3. The van der Waals surface area contributed by atoms with Crippen LogP contribution in [0.3, 0.4) is 0 Å². The van der Waals surface area contributed by atoms with E-state index in [1.807, 2.05) is 42.5 Å². The normalized spacial score (nSPS) is 10.4. The van der Waals surface area contributed by atoms with Crippen LogP contribution in [0.15, 0.2) is 42.5 Å². The van der Waals surface area contributed by atoms with Crippen molar-refractivity contribution in [2.45, 2.75) is 13.0 Å². The van der Waals surface area contributed by atoms with Crippen molar-refractivity contribution in [3.05, 3.63) is 51.7 Å². The van der Waals surface area contributed by atoms with Crippen LogP contribution < -0.4 is 4.90 Å². The number of halogens is 1. The molecular formula is C14H14ClNO2S. The maximum atomic E-state index is 10.7. The Labute approximate surface area is 121 Å². The third-order valence-electron chi connectivity index (χ3n) is 2.69. The molecule has 0 saturated heterocycles. The van der Waals surface area contributed by atoms with Gasteiger partial charge < -0.3 is 10.0 Å². The molecule has 0 unspecified atom stereocenters. The monoisotopic (exact) mass is 295 g/mol. The largest absolute Gasteiger partial charge is 0.481 e. The Balaban J connectivity index is 2.12. The summed E-state index contributed by atoms with van der Waals surface area (Å²) in [5, 5.41) is 8.83. The Morgan fingerprint density at radius 3 is 2.53 bits per heavy atom. The van der Waals surface area contributed by atoms with Crippen molar-refractivity contribution in [1.82, 2.24) is 0 Å². The van der Waals surface area contributed by atoms with Crippen LogP contribution in [0.5, 0.6) is 0 Å². The van der Waals surface area contributed by atoms with Crippen LogP contribution in [-0.4, -0.2) is 17.6 Å². The van der Waals surface area contributed by atoms with E-state index in [-0.39, 0.29) is 6.42 Å². The first kappa shape index (κ1) is 13.9. The third-order valence-corrected chi connectivity index (χ3v) is 3.91. The number of thiophene rings is 1. The number of hydrogen-bond acceptors (Lipinski definition) is 3. The second-order valence-electron chi connectivity index (χ2n) is 4.11. The van der Waals surface area contributed by atoms with Gasteiger partial charge in [-0.2, -0.15) is 0 Å². The number of anilines is 1. The average molecular weight is 296 g/mol. The number of benzene rings is 1. The van der Waals surface area contributed by atoms with Crippen LogP contribution in [0.2, 0.25) is 4.34 Å². The molecule has 100 valence electrons. The molecule has 1 aromatic carbocycles. The summed E-state index contributed by atoms with van der Waals surface area (Å²) in [6.45, 7) is 1.16. The molecule has 0 aliphatic heterocycles. The van der Waals surface area contributed by atoms with Gasteiger partial charge >= 0.3 is 5.97 Å². The molecule has 5 heteroatoms. The van der Waals surface area contributed by atoms with E-state index in [9.17, 15) is 4.79 Å². The summed E-state index contributed by atoms with van der Waals surface area (Å²) >= 11 is 7.44. The van der Waals surface area contributed by atoms with Crippen LogP contribution >= 0.6 is 22.9 Å². The number of hydrogen-bond donors (Lipinski definition) is 1. The first-order chi connectivity index (χ1) is 9.15. The van der Waals surface area contributed by atoms with Gasteiger partial charge in [-0.15, -0.1) is 11.3 Å². The summed E-state index contributed by atoms with van der Waals surface area (Å²) in [5.41, 5.74) is 1.02. The van der Waals surface area contributed by atoms with Crippen molar-refractivity contribution >= 4 is 34.6 Å². The smallest absolute Gasteiger partial charge is 0.305 e. The van der Waals surface area contributed by atoms with E-state index < -0.39 is 5.97 Å². The molecule has 0 radical (unpaired) electrons. The Bertz CT molecular complexity index is 541. The molecule has 19 heavy (non-hydrogen) atoms. The average Bonchev–Trinajstić information content (AvgIpc) is 2.81. The fraction of sp³-hybridized carbons (Fsp3) is 0.214. The maximum Gasteiger partial charge on any atom is 0.305 e. The van der Waals surface area contributed by atoms with E-state index in [4.69, 9.17) is 16.7 Å². The van der Waals surface area contributed by atoms with Crippen molar-refractivity contribution in [2.24, 2.45) is 0 Å². The van der Waals surface area contributed by atoms with Gasteiger partial charge in [-0.25, -0.2) is 0 Å². The molecule has 0 amide bonds. The lowest BCUT2D eigenvalue weighted by Gasteiger charge is -2.23. The van der Waals surface area contributed by atoms with E-state index in [1.54, 1.807) is 0 Å². The van der Waals surface area contributed by atoms with Gasteiger partial charge in [-0.05, 0) is 24.3 Å². The van der Waals surface area contributed by atoms with Crippen LogP contribution in [0.4, 0.5) is 5.69 Å². The second kappa shape index (κ2) is 6.59. The Morgan fingerprint density at radius 1 is 1.21 bits per heavy atom. The molecule has 1 N–H and O–H groups in total. The van der Waals surface area contributed by atoms with Gasteiger partial charge in [0.1, 0.15) is 0 Å². The highest BCUT2D eigenvalue weighted by molar-refractivity contribution is 7.16. The quantitative estimate of drug-likeness (QED) is 0.879. The Hall–Kier alpha value is -1.52. The van der Waals surface area contributed by atoms with E-state index in [0.717, 1.165) is 14.9 Å². The van der Waals surface area contributed by atoms with E-state index >= 15 is 0 Å². The summed E-state index contributed by atoms with van der Waals surface area (Å²) in [4.78, 5) is 13.9. The number of rotatable bonds is 6. The van der Waals surface area contributed by atoms with Crippen LogP contribution in [0.25, 0.3) is 0 Å². The number of para-hydroxylation sites is 1. The molecule has 0 spiro atoms. The minimum atomic E-state index is -0.787. The van der Waals surface area contributed by atoms with Crippen molar-refractivity contribution in [2.75, 3.05) is 11.4 Å². The summed E-state index contributed by atoms with van der Waals surface area (Å²) < 4.78 is 0.751. The number of aliphatic carboxylic acids is 1. The van der Waals surface area contributed by atoms with Gasteiger partial charge in [0.25, 0.3) is 0 Å². The van der Waals surface area contributed by atoms with E-state index in [1.165, 1.54) is 11.3 Å². The van der Waals surface area contributed by atoms with Gasteiger partial charge in [0, 0.05) is 17.1 Å². The molecule has 2 aromatic rings. The molecule has 0 bridgehead atoms. The fourth-order valence-corrected chi connectivity index (χ4v) is 2.90. The maximum absolute atomic E-state index is 10.7. The number of carboxylic acids is 1. The summed E-state index contributed by atoms with van der Waals surface area (Å²) in [6.07, 6.45) is 0.119. The van der Waals surface area contributed by atoms with E-state index in [2.05, 4.69) is 4.90 Å². The van der Waals surface area contributed by atoms with Crippen molar-refractivity contribution in [3.8, 4) is 0 Å². The molecule has 2 rings (SSSR count). The zero-order chi connectivity index (χ0) is 13.7. The minimum Gasteiger partial charge on any atom is -0.481 e. The summed E-state index contributed by atoms with van der Waals surface area (Å²) in [6, 6.07) is 13.6. The second-order valence-corrected chi connectivity index (χ2v) is 5.91. The molecule has 1 aromatic heterocycles. The predicted octanol–water partition coefficient (Wildman–Crippen LogP) is 3.88. The van der Waals surface area contributed by atoms with Gasteiger partial charge in [-0.3, -0.25) is 4.79 Å². The van der Waals surface area contributed by atoms with Crippen molar-refractivity contribution in [1.29, 1.82) is 0 Å². The molecule has 0 aliphatic rings. The molecule has 3 nitrogen and oxygen atoms in total. The first-order valence-corrected chi connectivity index (χ1v) is 7.10. The zero-order valence-corrected chi connectivity index (χ0v) is 11.8. The number of carbonyl (C=O) groups is 1. The highest BCUT2D eigenvalue weighted by Gasteiger charge is 2.10. The fourth-order valence-electron chi connectivity index (χ4n) is 1.79. The van der Waals surface area contributed by atoms with Crippen molar-refractivity contribution < 1.29 is 9.90 Å². The molecule has 1 heterocycles. The third kappa shape index (κ3) is 4.26.